The van der Waals surface area contributed by atoms with Crippen molar-refractivity contribution in [2.24, 2.45) is 0 Å². The third kappa shape index (κ3) is 5.70. The topological polar surface area (TPSA) is 30.0 Å². The molecule has 0 fully saturated rings. The van der Waals surface area contributed by atoms with Crippen LogP contribution in [-0.4, -0.2) is 10.8 Å². The Balaban J connectivity index is 0.000000316. The first-order valence-electron chi connectivity index (χ1n) is 5.18. The number of hydrogen-bond acceptors (Lipinski definition) is 2. The van der Waals surface area contributed by atoms with Gasteiger partial charge in [0.15, 0.2) is 5.78 Å². The highest BCUT2D eigenvalue weighted by Gasteiger charge is 1.92. The van der Waals surface area contributed by atoms with E-state index in [0.717, 1.165) is 6.42 Å². The predicted molar refractivity (Wildman–Crippen MR) is 68.0 cm³/mol. The Hall–Kier alpha value is -1.96. The van der Waals surface area contributed by atoms with Gasteiger partial charge in [-0.25, -0.2) is 0 Å². The van der Waals surface area contributed by atoms with Crippen LogP contribution in [0.3, 0.4) is 0 Å². The lowest BCUT2D eigenvalue weighted by Crippen LogP contribution is -1.80. The first-order chi connectivity index (χ1) is 7.79. The van der Waals surface area contributed by atoms with Crippen LogP contribution in [-0.2, 0) is 4.79 Å². The molecule has 1 aliphatic rings. The van der Waals surface area contributed by atoms with E-state index in [2.05, 4.69) is 11.1 Å². The molecule has 1 heterocycles. The summed E-state index contributed by atoms with van der Waals surface area (Å²) in [6.45, 7) is 1.56. The zero-order chi connectivity index (χ0) is 11.6. The highest BCUT2D eigenvalue weighted by atomic mass is 16.1. The SMILES string of the molecule is CC(=O)C=CC1=CC=CC1.[2HH].c1ccncc1. The van der Waals surface area contributed by atoms with Gasteiger partial charge < -0.3 is 0 Å². The number of carbonyl (C=O) groups excluding carboxylic acids is 1. The van der Waals surface area contributed by atoms with Crippen molar-refractivity contribution in [1.82, 2.24) is 4.98 Å². The van der Waals surface area contributed by atoms with Crippen molar-refractivity contribution in [3.63, 3.8) is 0 Å². The largest absolute Gasteiger partial charge is 0.295 e. The van der Waals surface area contributed by atoms with Crippen molar-refractivity contribution < 1.29 is 6.22 Å². The first kappa shape index (κ1) is 12.1. The molecule has 0 aliphatic heterocycles. The lowest BCUT2D eigenvalue weighted by Gasteiger charge is -1.87. The summed E-state index contributed by atoms with van der Waals surface area (Å²) in [4.78, 5) is 14.3. The van der Waals surface area contributed by atoms with Gasteiger partial charge in [-0.15, -0.1) is 0 Å². The summed E-state index contributed by atoms with van der Waals surface area (Å²) < 4.78 is 0. The zero-order valence-electron chi connectivity index (χ0n) is 9.34. The van der Waals surface area contributed by atoms with Crippen molar-refractivity contribution in [2.75, 3.05) is 0 Å². The van der Waals surface area contributed by atoms with Crippen molar-refractivity contribution in [3.8, 4) is 0 Å². The molecule has 0 amide bonds. The molecule has 2 nitrogen and oxygen atoms in total. The first-order valence-corrected chi connectivity index (χ1v) is 5.18. The lowest BCUT2D eigenvalue weighted by molar-refractivity contribution is -0.112. The van der Waals surface area contributed by atoms with E-state index in [1.165, 1.54) is 5.57 Å². The van der Waals surface area contributed by atoms with E-state index >= 15 is 0 Å². The molecule has 2 heteroatoms. The molecule has 16 heavy (non-hydrogen) atoms. The summed E-state index contributed by atoms with van der Waals surface area (Å²) in [6.07, 6.45) is 14.0. The Bertz CT molecular complexity index is 381. The van der Waals surface area contributed by atoms with Crippen molar-refractivity contribution in [3.05, 3.63) is 66.5 Å². The highest BCUT2D eigenvalue weighted by molar-refractivity contribution is 5.87. The van der Waals surface area contributed by atoms with Gasteiger partial charge in [-0.1, -0.05) is 30.4 Å². The minimum absolute atomic E-state index is 0. The number of carbonyl (C=O) groups is 1. The lowest BCUT2D eigenvalue weighted by atomic mass is 10.2. The van der Waals surface area contributed by atoms with Gasteiger partial charge in [0.05, 0.1) is 0 Å². The predicted octanol–water partition coefficient (Wildman–Crippen LogP) is 3.35. The molecule has 1 aliphatic carbocycles. The van der Waals surface area contributed by atoms with Gasteiger partial charge in [0.1, 0.15) is 0 Å². The van der Waals surface area contributed by atoms with Gasteiger partial charge >= 0.3 is 0 Å². The van der Waals surface area contributed by atoms with Gasteiger partial charge in [0.2, 0.25) is 0 Å². The molecule has 0 spiro atoms. The summed E-state index contributed by atoms with van der Waals surface area (Å²) in [5.74, 6) is 0.104. The highest BCUT2D eigenvalue weighted by Crippen LogP contribution is 2.10. The van der Waals surface area contributed by atoms with Crippen molar-refractivity contribution in [2.45, 2.75) is 13.3 Å². The average molecular weight is 216 g/mol. The molecule has 84 valence electrons. The van der Waals surface area contributed by atoms with Crippen LogP contribution in [0.15, 0.2) is 66.5 Å². The Morgan fingerprint density at radius 3 is 2.50 bits per heavy atom. The summed E-state index contributed by atoms with van der Waals surface area (Å²) in [5, 5.41) is 0. The maximum Gasteiger partial charge on any atom is 0.152 e. The van der Waals surface area contributed by atoms with Crippen LogP contribution < -0.4 is 0 Å². The third-order valence-corrected chi connectivity index (χ3v) is 1.90. The molecule has 0 aromatic carbocycles. The number of ketones is 1. The number of hydrogen-bond donors (Lipinski definition) is 0. The molecule has 1 aromatic heterocycles. The maximum absolute atomic E-state index is 10.5. The van der Waals surface area contributed by atoms with E-state index in [-0.39, 0.29) is 7.21 Å². The molecule has 1 aromatic rings. The quantitative estimate of drug-likeness (QED) is 0.710. The number of allylic oxidation sites excluding steroid dienone is 6. The molecule has 2 rings (SSSR count). The van der Waals surface area contributed by atoms with Crippen molar-refractivity contribution in [1.29, 1.82) is 0 Å². The second kappa shape index (κ2) is 7.35. The number of nitrogens with zero attached hydrogens (tertiary/aromatic N) is 1. The fourth-order valence-electron chi connectivity index (χ4n) is 1.12. The third-order valence-electron chi connectivity index (χ3n) is 1.90. The molecule has 0 saturated carbocycles. The van der Waals surface area contributed by atoms with E-state index in [1.54, 1.807) is 25.4 Å². The summed E-state index contributed by atoms with van der Waals surface area (Å²) in [5.41, 5.74) is 1.20. The van der Waals surface area contributed by atoms with Crippen LogP contribution in [0.5, 0.6) is 0 Å². The molecule has 0 atom stereocenters. The summed E-state index contributed by atoms with van der Waals surface area (Å²) in [6, 6.07) is 5.72. The molecule has 0 bridgehead atoms. The van der Waals surface area contributed by atoms with Crippen LogP contribution in [0.4, 0.5) is 0 Å². The van der Waals surface area contributed by atoms with E-state index in [4.69, 9.17) is 0 Å². The van der Waals surface area contributed by atoms with E-state index < -0.39 is 0 Å². The van der Waals surface area contributed by atoms with Crippen LogP contribution in [0.2, 0.25) is 0 Å². The van der Waals surface area contributed by atoms with Crippen molar-refractivity contribution >= 4 is 5.78 Å². The average Bonchev–Trinajstić information content (AvgIpc) is 2.82. The van der Waals surface area contributed by atoms with E-state index in [1.807, 2.05) is 36.4 Å². The molecular formula is C14H17NO. The number of aromatic nitrogens is 1. The second-order valence-corrected chi connectivity index (χ2v) is 3.34. The summed E-state index contributed by atoms with van der Waals surface area (Å²) in [7, 11) is 0. The smallest absolute Gasteiger partial charge is 0.152 e. The monoisotopic (exact) mass is 216 g/mol. The van der Waals surface area contributed by atoms with E-state index in [9.17, 15) is 4.79 Å². The van der Waals surface area contributed by atoms with Gasteiger partial charge in [-0.05, 0) is 37.1 Å². The van der Waals surface area contributed by atoms with Gasteiger partial charge in [0.25, 0.3) is 0 Å². The van der Waals surface area contributed by atoms with Crippen LogP contribution in [0.25, 0.3) is 0 Å². The normalized spacial score (nSPS) is 13.2. The molecule has 0 radical (unpaired) electrons. The van der Waals surface area contributed by atoms with Gasteiger partial charge in [0, 0.05) is 13.8 Å². The fraction of sp³-hybridized carbons (Fsp3) is 0.143. The fourth-order valence-corrected chi connectivity index (χ4v) is 1.12. The second-order valence-electron chi connectivity index (χ2n) is 3.34. The molecule has 0 saturated heterocycles. The molecule has 0 N–H and O–H groups in total. The Kier molecular flexibility index (Phi) is 5.56. The Morgan fingerprint density at radius 1 is 1.38 bits per heavy atom. The van der Waals surface area contributed by atoms with Gasteiger partial charge in [-0.3, -0.25) is 9.78 Å². The number of rotatable bonds is 2. The van der Waals surface area contributed by atoms with Crippen LogP contribution >= 0.6 is 0 Å². The molecular weight excluding hydrogens is 198 g/mol. The Labute approximate surface area is 97.5 Å². The van der Waals surface area contributed by atoms with E-state index in [0.29, 0.717) is 0 Å². The van der Waals surface area contributed by atoms with Crippen LogP contribution in [0, 0.1) is 0 Å². The standard InChI is InChI=1S/C9H10O.C5H5N.H2/c1-8(10)6-7-9-4-2-3-5-9;1-2-4-6-5-3-1;/h2-4,6-7H,5H2,1H3;1-5H;1H/i;;1+1. The minimum atomic E-state index is 0. The minimum Gasteiger partial charge on any atom is -0.295 e. The summed E-state index contributed by atoms with van der Waals surface area (Å²) >= 11 is 0. The Morgan fingerprint density at radius 2 is 2.12 bits per heavy atom. The number of pyridine rings is 1. The molecule has 0 unspecified atom stereocenters. The van der Waals surface area contributed by atoms with Gasteiger partial charge in [-0.2, -0.15) is 0 Å². The zero-order valence-corrected chi connectivity index (χ0v) is 9.34. The van der Waals surface area contributed by atoms with Crippen LogP contribution in [0.1, 0.15) is 14.8 Å². The maximum atomic E-state index is 10.5.